The monoisotopic (exact) mass is 266 g/mol. The number of hydrogen-bond acceptors (Lipinski definition) is 4. The molecule has 0 aliphatic heterocycles. The average Bonchev–Trinajstić information content (AvgIpc) is 2.34. The van der Waals surface area contributed by atoms with Gasteiger partial charge in [0, 0.05) is 19.3 Å². The van der Waals surface area contributed by atoms with Crippen LogP contribution in [0.4, 0.5) is 5.69 Å². The minimum absolute atomic E-state index is 0.392. The number of likely N-dealkylation sites (N-methyl/N-ethyl adjacent to an activating group) is 1. The van der Waals surface area contributed by atoms with E-state index in [2.05, 4.69) is 25.7 Å². The first-order valence-corrected chi connectivity index (χ1v) is 6.66. The van der Waals surface area contributed by atoms with Crippen LogP contribution in [0.15, 0.2) is 6.07 Å². The van der Waals surface area contributed by atoms with E-state index in [0.717, 1.165) is 22.6 Å². The largest absolute Gasteiger partial charge is 0.496 e. The maximum Gasteiger partial charge on any atom is 0.122 e. The summed E-state index contributed by atoms with van der Waals surface area (Å²) < 4.78 is 5.38. The molecule has 4 nitrogen and oxygen atoms in total. The second-order valence-electron chi connectivity index (χ2n) is 5.11. The van der Waals surface area contributed by atoms with Crippen molar-refractivity contribution in [2.45, 2.75) is 33.3 Å². The van der Waals surface area contributed by atoms with E-state index in [1.54, 1.807) is 7.11 Å². The van der Waals surface area contributed by atoms with E-state index < -0.39 is 6.10 Å². The molecular formula is C15H26N2O2. The van der Waals surface area contributed by atoms with Crippen LogP contribution in [0.2, 0.25) is 0 Å². The van der Waals surface area contributed by atoms with Crippen LogP contribution in [-0.4, -0.2) is 38.5 Å². The summed E-state index contributed by atoms with van der Waals surface area (Å²) in [6, 6.07) is 2.05. The number of benzene rings is 1. The van der Waals surface area contributed by atoms with Crippen molar-refractivity contribution in [3.63, 3.8) is 0 Å². The lowest BCUT2D eigenvalue weighted by molar-refractivity contribution is 0.174. The van der Waals surface area contributed by atoms with Crippen LogP contribution < -0.4 is 15.4 Å². The lowest BCUT2D eigenvalue weighted by Gasteiger charge is -2.27. The van der Waals surface area contributed by atoms with Crippen molar-refractivity contribution in [1.82, 2.24) is 0 Å². The molecule has 0 aliphatic carbocycles. The molecule has 1 unspecified atom stereocenters. The molecule has 0 saturated carbocycles. The van der Waals surface area contributed by atoms with Crippen molar-refractivity contribution in [2.75, 3.05) is 32.1 Å². The number of hydrogen-bond donors (Lipinski definition) is 2. The SMILES string of the molecule is COc1cc(C)c(N(C)CC(O)CCN)c(C)c1C. The number of aliphatic hydroxyl groups is 1. The predicted molar refractivity (Wildman–Crippen MR) is 80.2 cm³/mol. The smallest absolute Gasteiger partial charge is 0.122 e. The van der Waals surface area contributed by atoms with Crippen LogP contribution in [0, 0.1) is 20.8 Å². The summed E-state index contributed by atoms with van der Waals surface area (Å²) in [6.07, 6.45) is 0.230. The third-order valence-electron chi connectivity index (χ3n) is 3.59. The molecule has 3 N–H and O–H groups in total. The summed E-state index contributed by atoms with van der Waals surface area (Å²) in [6.45, 7) is 7.31. The Bertz CT molecular complexity index is 433. The molecule has 1 atom stereocenters. The van der Waals surface area contributed by atoms with Gasteiger partial charge in [-0.3, -0.25) is 0 Å². The van der Waals surface area contributed by atoms with Crippen molar-refractivity contribution < 1.29 is 9.84 Å². The molecule has 1 aromatic rings. The van der Waals surface area contributed by atoms with Gasteiger partial charge in [0.15, 0.2) is 0 Å². The Hall–Kier alpha value is -1.26. The Morgan fingerprint density at radius 1 is 1.32 bits per heavy atom. The standard InChI is InChI=1S/C15H26N2O2/c1-10-8-14(19-5)11(2)12(3)15(10)17(4)9-13(18)6-7-16/h8,13,18H,6-7,9,16H2,1-5H3. The summed E-state index contributed by atoms with van der Waals surface area (Å²) in [7, 11) is 3.69. The van der Waals surface area contributed by atoms with Gasteiger partial charge in [0.05, 0.1) is 13.2 Å². The topological polar surface area (TPSA) is 58.7 Å². The molecule has 0 aliphatic rings. The molecule has 0 heterocycles. The van der Waals surface area contributed by atoms with Gasteiger partial charge in [-0.15, -0.1) is 0 Å². The molecule has 19 heavy (non-hydrogen) atoms. The van der Waals surface area contributed by atoms with Gasteiger partial charge < -0.3 is 20.5 Å². The highest BCUT2D eigenvalue weighted by Crippen LogP contribution is 2.33. The number of aliphatic hydroxyl groups excluding tert-OH is 1. The van der Waals surface area contributed by atoms with Crippen molar-refractivity contribution in [1.29, 1.82) is 0 Å². The minimum Gasteiger partial charge on any atom is -0.496 e. The van der Waals surface area contributed by atoms with Gasteiger partial charge >= 0.3 is 0 Å². The third kappa shape index (κ3) is 3.61. The quantitative estimate of drug-likeness (QED) is 0.824. The van der Waals surface area contributed by atoms with Crippen LogP contribution in [0.5, 0.6) is 5.75 Å². The number of rotatable bonds is 6. The zero-order chi connectivity index (χ0) is 14.6. The van der Waals surface area contributed by atoms with Crippen LogP contribution in [-0.2, 0) is 0 Å². The molecule has 0 bridgehead atoms. The van der Waals surface area contributed by atoms with Gasteiger partial charge in [0.1, 0.15) is 5.75 Å². The highest BCUT2D eigenvalue weighted by molar-refractivity contribution is 5.64. The summed E-state index contributed by atoms with van der Waals surface area (Å²) in [5.41, 5.74) is 10.1. The number of ether oxygens (including phenoxy) is 1. The first-order chi connectivity index (χ1) is 8.92. The van der Waals surface area contributed by atoms with E-state index >= 15 is 0 Å². The Morgan fingerprint density at radius 3 is 2.47 bits per heavy atom. The molecule has 0 fully saturated rings. The predicted octanol–water partition coefficient (Wildman–Crippen LogP) is 1.77. The van der Waals surface area contributed by atoms with Crippen molar-refractivity contribution in [2.24, 2.45) is 5.73 Å². The molecule has 1 rings (SSSR count). The van der Waals surface area contributed by atoms with Gasteiger partial charge in [-0.05, 0) is 56.5 Å². The van der Waals surface area contributed by atoms with E-state index in [0.29, 0.717) is 19.5 Å². The van der Waals surface area contributed by atoms with Gasteiger partial charge in [-0.25, -0.2) is 0 Å². The van der Waals surface area contributed by atoms with Gasteiger partial charge in [0.25, 0.3) is 0 Å². The van der Waals surface area contributed by atoms with Crippen LogP contribution >= 0.6 is 0 Å². The highest BCUT2D eigenvalue weighted by atomic mass is 16.5. The molecule has 1 aromatic carbocycles. The molecular weight excluding hydrogens is 240 g/mol. The van der Waals surface area contributed by atoms with E-state index in [1.807, 2.05) is 13.1 Å². The van der Waals surface area contributed by atoms with Crippen LogP contribution in [0.1, 0.15) is 23.1 Å². The third-order valence-corrected chi connectivity index (χ3v) is 3.59. The molecule has 108 valence electrons. The van der Waals surface area contributed by atoms with Gasteiger partial charge in [-0.1, -0.05) is 0 Å². The Balaban J connectivity index is 3.03. The first-order valence-electron chi connectivity index (χ1n) is 6.66. The van der Waals surface area contributed by atoms with Gasteiger partial charge in [0.2, 0.25) is 0 Å². The van der Waals surface area contributed by atoms with E-state index in [1.165, 1.54) is 5.56 Å². The maximum absolute atomic E-state index is 9.89. The highest BCUT2D eigenvalue weighted by Gasteiger charge is 2.16. The molecule has 0 amide bonds. The molecule has 4 heteroatoms. The number of anilines is 1. The lowest BCUT2D eigenvalue weighted by atomic mass is 10.0. The molecule has 0 saturated heterocycles. The van der Waals surface area contributed by atoms with Crippen molar-refractivity contribution in [3.05, 3.63) is 22.8 Å². The Morgan fingerprint density at radius 2 is 1.95 bits per heavy atom. The number of nitrogens with two attached hydrogens (primary N) is 1. The molecule has 0 radical (unpaired) electrons. The van der Waals surface area contributed by atoms with Gasteiger partial charge in [-0.2, -0.15) is 0 Å². The Kier molecular flexibility index (Phi) is 5.63. The normalized spacial score (nSPS) is 12.4. The number of aryl methyl sites for hydroxylation is 1. The van der Waals surface area contributed by atoms with E-state index in [4.69, 9.17) is 10.5 Å². The van der Waals surface area contributed by atoms with Crippen LogP contribution in [0.25, 0.3) is 0 Å². The second-order valence-corrected chi connectivity index (χ2v) is 5.11. The Labute approximate surface area is 116 Å². The summed E-state index contributed by atoms with van der Waals surface area (Å²) in [5, 5.41) is 9.89. The lowest BCUT2D eigenvalue weighted by Crippen LogP contribution is -2.31. The second kappa shape index (κ2) is 6.78. The van der Waals surface area contributed by atoms with Crippen LogP contribution in [0.3, 0.4) is 0 Å². The fraction of sp³-hybridized carbons (Fsp3) is 0.600. The van der Waals surface area contributed by atoms with Crippen molar-refractivity contribution in [3.8, 4) is 5.75 Å². The molecule has 0 aromatic heterocycles. The van der Waals surface area contributed by atoms with E-state index in [9.17, 15) is 5.11 Å². The maximum atomic E-state index is 9.89. The number of methoxy groups -OCH3 is 1. The fourth-order valence-corrected chi connectivity index (χ4v) is 2.52. The summed E-state index contributed by atoms with van der Waals surface area (Å²) >= 11 is 0. The zero-order valence-corrected chi connectivity index (χ0v) is 12.7. The average molecular weight is 266 g/mol. The van der Waals surface area contributed by atoms with E-state index in [-0.39, 0.29) is 0 Å². The minimum atomic E-state index is -0.392. The summed E-state index contributed by atoms with van der Waals surface area (Å²) in [4.78, 5) is 2.09. The first kappa shape index (κ1) is 15.8. The summed E-state index contributed by atoms with van der Waals surface area (Å²) in [5.74, 6) is 0.912. The fourth-order valence-electron chi connectivity index (χ4n) is 2.52. The molecule has 0 spiro atoms. The number of nitrogens with zero attached hydrogens (tertiary/aromatic N) is 1. The van der Waals surface area contributed by atoms with Crippen molar-refractivity contribution >= 4 is 5.69 Å². The zero-order valence-electron chi connectivity index (χ0n) is 12.7.